The number of sulfonamides is 1. The first-order valence-electron chi connectivity index (χ1n) is 5.85. The first kappa shape index (κ1) is 14.9. The van der Waals surface area contributed by atoms with E-state index >= 15 is 0 Å². The van der Waals surface area contributed by atoms with Crippen molar-refractivity contribution >= 4 is 15.7 Å². The first-order chi connectivity index (χ1) is 8.36. The van der Waals surface area contributed by atoms with Crippen LogP contribution in [0.4, 0.5) is 10.1 Å². The third kappa shape index (κ3) is 3.96. The van der Waals surface area contributed by atoms with Crippen LogP contribution in [0.1, 0.15) is 19.4 Å². The van der Waals surface area contributed by atoms with Crippen molar-refractivity contribution in [2.45, 2.75) is 26.0 Å². The Bertz CT molecular complexity index is 503. The van der Waals surface area contributed by atoms with Gasteiger partial charge in [0.2, 0.25) is 10.0 Å². The second-order valence-electron chi connectivity index (χ2n) is 4.25. The van der Waals surface area contributed by atoms with E-state index in [0.717, 1.165) is 5.56 Å². The highest BCUT2D eigenvalue weighted by Crippen LogP contribution is 2.17. The summed E-state index contributed by atoms with van der Waals surface area (Å²) >= 11 is 0. The molecule has 0 aliphatic heterocycles. The molecule has 0 saturated carbocycles. The van der Waals surface area contributed by atoms with Crippen LogP contribution in [0.15, 0.2) is 18.2 Å². The molecule has 1 atom stereocenters. The van der Waals surface area contributed by atoms with Crippen LogP contribution >= 0.6 is 0 Å². The summed E-state index contributed by atoms with van der Waals surface area (Å²) in [4.78, 5) is 0. The highest BCUT2D eigenvalue weighted by Gasteiger charge is 2.21. The van der Waals surface area contributed by atoms with Crippen molar-refractivity contribution in [1.29, 1.82) is 0 Å². The number of rotatable bonds is 6. The molecule has 0 radical (unpaired) electrons. The molecule has 0 amide bonds. The molecule has 0 aromatic heterocycles. The van der Waals surface area contributed by atoms with Crippen molar-refractivity contribution in [3.05, 3.63) is 29.6 Å². The van der Waals surface area contributed by atoms with Crippen LogP contribution in [-0.4, -0.2) is 26.8 Å². The van der Waals surface area contributed by atoms with Crippen LogP contribution in [0.5, 0.6) is 0 Å². The second-order valence-corrected chi connectivity index (χ2v) is 6.35. The van der Waals surface area contributed by atoms with Gasteiger partial charge in [-0.05, 0) is 38.1 Å². The fraction of sp³-hybridized carbons (Fsp3) is 0.500. The van der Waals surface area contributed by atoms with Crippen LogP contribution in [0, 0.1) is 12.7 Å². The molecule has 0 saturated heterocycles. The summed E-state index contributed by atoms with van der Waals surface area (Å²) in [6.45, 7) is 6.25. The number of anilines is 1. The Morgan fingerprint density at radius 2 is 2.06 bits per heavy atom. The van der Waals surface area contributed by atoms with Crippen molar-refractivity contribution in [3.8, 4) is 0 Å². The molecule has 0 spiro atoms. The lowest BCUT2D eigenvalue weighted by Gasteiger charge is -2.15. The average Bonchev–Trinajstić information content (AvgIpc) is 2.29. The van der Waals surface area contributed by atoms with E-state index in [0.29, 0.717) is 13.1 Å². The Kier molecular flexibility index (Phi) is 5.10. The number of hydrogen-bond acceptors (Lipinski definition) is 3. The van der Waals surface area contributed by atoms with E-state index in [4.69, 9.17) is 0 Å². The third-order valence-corrected chi connectivity index (χ3v) is 4.32. The number of halogens is 1. The van der Waals surface area contributed by atoms with Gasteiger partial charge in [0, 0.05) is 6.54 Å². The van der Waals surface area contributed by atoms with Gasteiger partial charge in [-0.2, -0.15) is 0 Å². The minimum Gasteiger partial charge on any atom is -0.316 e. The van der Waals surface area contributed by atoms with Gasteiger partial charge >= 0.3 is 0 Å². The topological polar surface area (TPSA) is 58.2 Å². The maximum Gasteiger partial charge on any atom is 0.236 e. The van der Waals surface area contributed by atoms with Gasteiger partial charge in [-0.1, -0.05) is 13.0 Å². The highest BCUT2D eigenvalue weighted by molar-refractivity contribution is 7.93. The quantitative estimate of drug-likeness (QED) is 0.832. The lowest BCUT2D eigenvalue weighted by atomic mass is 10.2. The van der Waals surface area contributed by atoms with E-state index in [9.17, 15) is 12.8 Å². The smallest absolute Gasteiger partial charge is 0.236 e. The van der Waals surface area contributed by atoms with Gasteiger partial charge in [-0.15, -0.1) is 0 Å². The predicted molar refractivity (Wildman–Crippen MR) is 71.7 cm³/mol. The SMILES string of the molecule is CCNCC(C)S(=O)(=O)Nc1ccc(C)cc1F. The molecule has 0 fully saturated rings. The lowest BCUT2D eigenvalue weighted by Crippen LogP contribution is -2.34. The maximum absolute atomic E-state index is 13.6. The van der Waals surface area contributed by atoms with Gasteiger partial charge in [0.1, 0.15) is 5.82 Å². The zero-order chi connectivity index (χ0) is 13.8. The normalized spacial score (nSPS) is 13.3. The van der Waals surface area contributed by atoms with Crippen molar-refractivity contribution < 1.29 is 12.8 Å². The molecule has 18 heavy (non-hydrogen) atoms. The molecule has 2 N–H and O–H groups in total. The molecule has 1 rings (SSSR count). The number of benzene rings is 1. The maximum atomic E-state index is 13.6. The third-order valence-electron chi connectivity index (χ3n) is 2.59. The summed E-state index contributed by atoms with van der Waals surface area (Å²) < 4.78 is 39.7. The number of hydrogen-bond donors (Lipinski definition) is 2. The van der Waals surface area contributed by atoms with Crippen LogP contribution in [0.3, 0.4) is 0 Å². The highest BCUT2D eigenvalue weighted by atomic mass is 32.2. The molecule has 0 aliphatic carbocycles. The molecule has 0 aliphatic rings. The Morgan fingerprint density at radius 3 is 2.61 bits per heavy atom. The fourth-order valence-electron chi connectivity index (χ4n) is 1.41. The Balaban J connectivity index is 2.82. The van der Waals surface area contributed by atoms with E-state index < -0.39 is 21.1 Å². The van der Waals surface area contributed by atoms with E-state index in [1.807, 2.05) is 6.92 Å². The molecular weight excluding hydrogens is 255 g/mol. The van der Waals surface area contributed by atoms with Crippen molar-refractivity contribution in [1.82, 2.24) is 5.32 Å². The molecule has 0 heterocycles. The summed E-state index contributed by atoms with van der Waals surface area (Å²) in [5.74, 6) is -0.561. The Hall–Kier alpha value is -1.14. The van der Waals surface area contributed by atoms with E-state index in [2.05, 4.69) is 10.0 Å². The Morgan fingerprint density at radius 1 is 1.39 bits per heavy atom. The van der Waals surface area contributed by atoms with Crippen LogP contribution in [0.25, 0.3) is 0 Å². The van der Waals surface area contributed by atoms with Gasteiger partial charge < -0.3 is 5.32 Å². The van der Waals surface area contributed by atoms with Crippen molar-refractivity contribution in [2.24, 2.45) is 0 Å². The van der Waals surface area contributed by atoms with Crippen molar-refractivity contribution in [3.63, 3.8) is 0 Å². The largest absolute Gasteiger partial charge is 0.316 e. The van der Waals surface area contributed by atoms with Gasteiger partial charge in [0.05, 0.1) is 10.9 Å². The number of nitrogens with one attached hydrogen (secondary N) is 2. The lowest BCUT2D eigenvalue weighted by molar-refractivity contribution is 0.578. The number of aryl methyl sites for hydroxylation is 1. The molecule has 6 heteroatoms. The van der Waals surface area contributed by atoms with E-state index in [1.54, 1.807) is 19.9 Å². The Labute approximate surface area is 108 Å². The molecule has 0 bridgehead atoms. The minimum absolute atomic E-state index is 0.0102. The molecule has 1 unspecified atom stereocenters. The summed E-state index contributed by atoms with van der Waals surface area (Å²) in [5, 5.41) is 2.32. The van der Waals surface area contributed by atoms with E-state index in [1.165, 1.54) is 12.1 Å². The van der Waals surface area contributed by atoms with Crippen LogP contribution in [0.2, 0.25) is 0 Å². The minimum atomic E-state index is -3.57. The molecular formula is C12H19FN2O2S. The standard InChI is InChI=1S/C12H19FN2O2S/c1-4-14-8-10(3)18(16,17)15-12-6-5-9(2)7-11(12)13/h5-7,10,14-15H,4,8H2,1-3H3. The molecule has 4 nitrogen and oxygen atoms in total. The zero-order valence-corrected chi connectivity index (χ0v) is 11.6. The summed E-state index contributed by atoms with van der Waals surface area (Å²) in [6.07, 6.45) is 0. The summed E-state index contributed by atoms with van der Waals surface area (Å²) in [5.41, 5.74) is 0.736. The van der Waals surface area contributed by atoms with Gasteiger partial charge in [-0.3, -0.25) is 4.72 Å². The summed E-state index contributed by atoms with van der Waals surface area (Å²) in [6, 6.07) is 4.39. The predicted octanol–water partition coefficient (Wildman–Crippen LogP) is 1.87. The fourth-order valence-corrected chi connectivity index (χ4v) is 2.42. The first-order valence-corrected chi connectivity index (χ1v) is 7.40. The van der Waals surface area contributed by atoms with Gasteiger partial charge in [-0.25, -0.2) is 12.8 Å². The van der Waals surface area contributed by atoms with Crippen LogP contribution < -0.4 is 10.0 Å². The molecule has 1 aromatic rings. The van der Waals surface area contributed by atoms with E-state index in [-0.39, 0.29) is 5.69 Å². The zero-order valence-electron chi connectivity index (χ0n) is 10.8. The summed E-state index contributed by atoms with van der Waals surface area (Å²) in [7, 11) is -3.57. The molecule has 1 aromatic carbocycles. The monoisotopic (exact) mass is 274 g/mol. The molecule has 102 valence electrons. The average molecular weight is 274 g/mol. The second kappa shape index (κ2) is 6.15. The van der Waals surface area contributed by atoms with Crippen molar-refractivity contribution in [2.75, 3.05) is 17.8 Å². The van der Waals surface area contributed by atoms with Gasteiger partial charge in [0.25, 0.3) is 0 Å². The van der Waals surface area contributed by atoms with Crippen LogP contribution in [-0.2, 0) is 10.0 Å². The van der Waals surface area contributed by atoms with Gasteiger partial charge in [0.15, 0.2) is 0 Å².